The van der Waals surface area contributed by atoms with Crippen molar-refractivity contribution in [1.29, 1.82) is 0 Å². The highest BCUT2D eigenvalue weighted by molar-refractivity contribution is 6.66. The smallest absolute Gasteiger partial charge is 0.245 e. The molecular formula is C11H10ClNO3. The molecule has 0 fully saturated rings. The summed E-state index contributed by atoms with van der Waals surface area (Å²) in [7, 11) is 0. The van der Waals surface area contributed by atoms with Gasteiger partial charge in [-0.15, -0.1) is 0 Å². The highest BCUT2D eigenvalue weighted by Gasteiger charge is 2.00. The van der Waals surface area contributed by atoms with Gasteiger partial charge in [-0.25, -0.2) is 0 Å². The third kappa shape index (κ3) is 4.70. The van der Waals surface area contributed by atoms with Crippen LogP contribution in [0.1, 0.15) is 11.1 Å². The number of benzene rings is 1. The summed E-state index contributed by atoms with van der Waals surface area (Å²) in [5, 5.41) is 9.66. The molecule has 84 valence electrons. The number of hydrogen-bond acceptors (Lipinski definition) is 3. The third-order valence-corrected chi connectivity index (χ3v) is 2.07. The first-order valence-corrected chi connectivity index (χ1v) is 5.04. The van der Waals surface area contributed by atoms with E-state index >= 15 is 0 Å². The predicted octanol–water partition coefficient (Wildman–Crippen LogP) is 2.28. The van der Waals surface area contributed by atoms with Crippen molar-refractivity contribution < 1.29 is 9.72 Å². The van der Waals surface area contributed by atoms with Gasteiger partial charge in [0, 0.05) is 11.3 Å². The molecule has 0 atom stereocenters. The molecule has 0 aliphatic heterocycles. The lowest BCUT2D eigenvalue weighted by Gasteiger charge is -1.99. The maximum atomic E-state index is 10.5. The van der Waals surface area contributed by atoms with Crippen LogP contribution in [0, 0.1) is 10.1 Å². The summed E-state index contributed by atoms with van der Waals surface area (Å²) in [6.07, 6.45) is 3.20. The SMILES string of the molecule is O=C(Cl)C=Cc1cccc(CC[N+](=O)[O-])c1. The first-order chi connectivity index (χ1) is 7.58. The molecule has 0 radical (unpaired) electrons. The van der Waals surface area contributed by atoms with Gasteiger partial charge < -0.3 is 0 Å². The minimum Gasteiger partial charge on any atom is -0.276 e. The summed E-state index contributed by atoms with van der Waals surface area (Å²) < 4.78 is 0. The monoisotopic (exact) mass is 239 g/mol. The Balaban J connectivity index is 2.71. The van der Waals surface area contributed by atoms with E-state index in [0.29, 0.717) is 6.42 Å². The van der Waals surface area contributed by atoms with Crippen molar-refractivity contribution in [2.75, 3.05) is 6.54 Å². The fourth-order valence-electron chi connectivity index (χ4n) is 1.23. The molecule has 0 saturated heterocycles. The van der Waals surface area contributed by atoms with Gasteiger partial charge in [0.05, 0.1) is 0 Å². The summed E-state index contributed by atoms with van der Waals surface area (Å²) in [5.41, 5.74) is 1.66. The van der Waals surface area contributed by atoms with Gasteiger partial charge in [0.2, 0.25) is 11.8 Å². The van der Waals surface area contributed by atoms with E-state index in [1.807, 2.05) is 6.07 Å². The minimum absolute atomic E-state index is 0.0956. The summed E-state index contributed by atoms with van der Waals surface area (Å²) in [6, 6.07) is 7.18. The highest BCUT2D eigenvalue weighted by Crippen LogP contribution is 2.08. The van der Waals surface area contributed by atoms with Gasteiger partial charge in [-0.3, -0.25) is 14.9 Å². The van der Waals surface area contributed by atoms with Crippen LogP contribution in [0.5, 0.6) is 0 Å². The van der Waals surface area contributed by atoms with Crippen molar-refractivity contribution in [1.82, 2.24) is 0 Å². The van der Waals surface area contributed by atoms with E-state index in [1.54, 1.807) is 24.3 Å². The molecule has 5 heteroatoms. The molecule has 4 nitrogen and oxygen atoms in total. The Morgan fingerprint density at radius 3 is 2.88 bits per heavy atom. The zero-order chi connectivity index (χ0) is 12.0. The number of rotatable bonds is 5. The zero-order valence-electron chi connectivity index (χ0n) is 8.43. The van der Waals surface area contributed by atoms with Crippen molar-refractivity contribution in [3.05, 3.63) is 51.6 Å². The second-order valence-electron chi connectivity index (χ2n) is 3.19. The maximum absolute atomic E-state index is 10.5. The first kappa shape index (κ1) is 12.4. The Hall–Kier alpha value is -1.68. The van der Waals surface area contributed by atoms with Crippen LogP contribution in [0.4, 0.5) is 0 Å². The normalized spacial score (nSPS) is 10.6. The lowest BCUT2D eigenvalue weighted by atomic mass is 10.1. The number of hydrogen-bond donors (Lipinski definition) is 0. The third-order valence-electron chi connectivity index (χ3n) is 1.94. The molecule has 0 unspecified atom stereocenters. The molecule has 1 aromatic carbocycles. The lowest BCUT2D eigenvalue weighted by Crippen LogP contribution is -2.03. The molecule has 0 aliphatic rings. The Kier molecular flexibility index (Phi) is 4.66. The summed E-state index contributed by atoms with van der Waals surface area (Å²) in [6.45, 7) is -0.0956. The predicted molar refractivity (Wildman–Crippen MR) is 61.9 cm³/mol. The van der Waals surface area contributed by atoms with Crippen LogP contribution in [-0.4, -0.2) is 16.7 Å². The summed E-state index contributed by atoms with van der Waals surface area (Å²) in [4.78, 5) is 20.4. The largest absolute Gasteiger partial charge is 0.276 e. The van der Waals surface area contributed by atoms with E-state index in [4.69, 9.17) is 11.6 Å². The highest BCUT2D eigenvalue weighted by atomic mass is 35.5. The Morgan fingerprint density at radius 2 is 2.25 bits per heavy atom. The van der Waals surface area contributed by atoms with Crippen LogP contribution in [0.25, 0.3) is 6.08 Å². The molecule has 1 aromatic rings. The Labute approximate surface area is 97.7 Å². The molecular weight excluding hydrogens is 230 g/mol. The van der Waals surface area contributed by atoms with Crippen molar-refractivity contribution in [3.8, 4) is 0 Å². The number of allylic oxidation sites excluding steroid dienone is 1. The van der Waals surface area contributed by atoms with Gasteiger partial charge in [-0.1, -0.05) is 30.3 Å². The molecule has 0 aromatic heterocycles. The molecule has 0 amide bonds. The van der Waals surface area contributed by atoms with Gasteiger partial charge in [0.15, 0.2) is 0 Å². The Morgan fingerprint density at radius 1 is 1.50 bits per heavy atom. The molecule has 0 bridgehead atoms. The van der Waals surface area contributed by atoms with E-state index in [9.17, 15) is 14.9 Å². The lowest BCUT2D eigenvalue weighted by molar-refractivity contribution is -0.479. The first-order valence-electron chi connectivity index (χ1n) is 4.66. The van der Waals surface area contributed by atoms with Gasteiger partial charge >= 0.3 is 0 Å². The van der Waals surface area contributed by atoms with Crippen LogP contribution in [-0.2, 0) is 11.2 Å². The minimum atomic E-state index is -0.546. The average Bonchev–Trinajstić information content (AvgIpc) is 2.24. The zero-order valence-corrected chi connectivity index (χ0v) is 9.18. The number of nitro groups is 1. The van der Waals surface area contributed by atoms with Crippen LogP contribution in [0.15, 0.2) is 30.3 Å². The van der Waals surface area contributed by atoms with Crippen molar-refractivity contribution in [2.24, 2.45) is 0 Å². The number of halogens is 1. The molecule has 0 aliphatic carbocycles. The van der Waals surface area contributed by atoms with Crippen molar-refractivity contribution in [2.45, 2.75) is 6.42 Å². The summed E-state index contributed by atoms with van der Waals surface area (Å²) >= 11 is 5.16. The fraction of sp³-hybridized carbons (Fsp3) is 0.182. The molecule has 0 N–H and O–H groups in total. The van der Waals surface area contributed by atoms with E-state index < -0.39 is 5.24 Å². The van der Waals surface area contributed by atoms with E-state index in [-0.39, 0.29) is 11.5 Å². The van der Waals surface area contributed by atoms with Crippen LogP contribution in [0.3, 0.4) is 0 Å². The van der Waals surface area contributed by atoms with Gasteiger partial charge in [-0.05, 0) is 28.8 Å². The number of nitrogens with zero attached hydrogens (tertiary/aromatic N) is 1. The van der Waals surface area contributed by atoms with E-state index in [2.05, 4.69) is 0 Å². The fourth-order valence-corrected chi connectivity index (χ4v) is 1.30. The molecule has 0 heterocycles. The second-order valence-corrected chi connectivity index (χ2v) is 3.56. The van der Waals surface area contributed by atoms with Crippen LogP contribution in [0.2, 0.25) is 0 Å². The van der Waals surface area contributed by atoms with Crippen LogP contribution < -0.4 is 0 Å². The van der Waals surface area contributed by atoms with Crippen molar-refractivity contribution >= 4 is 22.9 Å². The Bertz CT molecular complexity index is 429. The molecule has 1 rings (SSSR count). The topological polar surface area (TPSA) is 60.2 Å². The molecule has 16 heavy (non-hydrogen) atoms. The number of carbonyl (C=O) groups is 1. The standard InChI is InChI=1S/C11H10ClNO3/c12-11(14)5-4-9-2-1-3-10(8-9)6-7-13(15)16/h1-5,8H,6-7H2. The van der Waals surface area contributed by atoms with Crippen molar-refractivity contribution in [3.63, 3.8) is 0 Å². The maximum Gasteiger partial charge on any atom is 0.245 e. The second kappa shape index (κ2) is 6.02. The summed E-state index contributed by atoms with van der Waals surface area (Å²) in [5.74, 6) is 0. The number of carbonyl (C=O) groups excluding carboxylic acids is 1. The van der Waals surface area contributed by atoms with E-state index in [0.717, 1.165) is 11.1 Å². The van der Waals surface area contributed by atoms with Gasteiger partial charge in [-0.2, -0.15) is 0 Å². The quantitative estimate of drug-likeness (QED) is 0.343. The van der Waals surface area contributed by atoms with E-state index in [1.165, 1.54) is 6.08 Å². The van der Waals surface area contributed by atoms with Gasteiger partial charge in [0.25, 0.3) is 0 Å². The average molecular weight is 240 g/mol. The van der Waals surface area contributed by atoms with Crippen LogP contribution >= 0.6 is 11.6 Å². The molecule has 0 spiro atoms. The van der Waals surface area contributed by atoms with Gasteiger partial charge in [0.1, 0.15) is 0 Å². The molecule has 0 saturated carbocycles.